The first-order chi connectivity index (χ1) is 10.1. The Bertz CT molecular complexity index is 876. The molecule has 0 aliphatic carbocycles. The van der Waals surface area contributed by atoms with E-state index < -0.39 is 11.4 Å². The molecule has 0 radical (unpaired) electrons. The van der Waals surface area contributed by atoms with Crippen molar-refractivity contribution < 1.29 is 9.90 Å². The molecule has 1 aromatic carbocycles. The van der Waals surface area contributed by atoms with Crippen molar-refractivity contribution >= 4 is 16.9 Å². The van der Waals surface area contributed by atoms with Crippen LogP contribution >= 0.6 is 0 Å². The van der Waals surface area contributed by atoms with E-state index in [0.29, 0.717) is 11.9 Å². The summed E-state index contributed by atoms with van der Waals surface area (Å²) in [7, 11) is 0. The van der Waals surface area contributed by atoms with Crippen molar-refractivity contribution in [3.05, 3.63) is 64.7 Å². The molecular formula is C16H14N2O3. The molecule has 0 bridgehead atoms. The molecule has 0 atom stereocenters. The first-order valence-electron chi connectivity index (χ1n) is 6.65. The number of hydrogen-bond acceptors (Lipinski definition) is 2. The van der Waals surface area contributed by atoms with Gasteiger partial charge in [0, 0.05) is 36.2 Å². The predicted molar refractivity (Wildman–Crippen MR) is 80.2 cm³/mol. The molecule has 21 heavy (non-hydrogen) atoms. The summed E-state index contributed by atoms with van der Waals surface area (Å²) in [5.41, 5.74) is 1.02. The Hall–Kier alpha value is -2.82. The quantitative estimate of drug-likeness (QED) is 0.802. The molecule has 1 N–H and O–H groups in total. The average molecular weight is 282 g/mol. The number of carboxylic acids is 1. The lowest BCUT2D eigenvalue weighted by Gasteiger charge is -2.12. The third-order valence-corrected chi connectivity index (χ3v) is 3.54. The molecule has 0 saturated heterocycles. The van der Waals surface area contributed by atoms with E-state index in [9.17, 15) is 9.59 Å². The van der Waals surface area contributed by atoms with Crippen LogP contribution in [0.5, 0.6) is 0 Å². The minimum absolute atomic E-state index is 0.196. The molecule has 2 heterocycles. The molecule has 0 aliphatic rings. The molecule has 5 nitrogen and oxygen atoms in total. The summed E-state index contributed by atoms with van der Waals surface area (Å²) in [6.45, 7) is 2.50. The van der Waals surface area contributed by atoms with E-state index in [1.54, 1.807) is 10.6 Å². The van der Waals surface area contributed by atoms with Crippen LogP contribution in [-0.2, 0) is 6.54 Å². The van der Waals surface area contributed by atoms with E-state index in [4.69, 9.17) is 5.11 Å². The number of benzene rings is 1. The molecular weight excluding hydrogens is 268 g/mol. The first kappa shape index (κ1) is 13.2. The number of aromatic nitrogens is 2. The Balaban J connectivity index is 2.34. The molecule has 3 aromatic rings. The zero-order valence-corrected chi connectivity index (χ0v) is 11.5. The molecule has 0 saturated carbocycles. The fourth-order valence-electron chi connectivity index (χ4n) is 2.46. The van der Waals surface area contributed by atoms with Gasteiger partial charge in [0.25, 0.3) is 0 Å². The number of fused-ring (bicyclic) bond motifs is 1. The molecule has 106 valence electrons. The Morgan fingerprint density at radius 3 is 2.57 bits per heavy atom. The summed E-state index contributed by atoms with van der Waals surface area (Å²) in [6.07, 6.45) is 5.24. The summed E-state index contributed by atoms with van der Waals surface area (Å²) in [6, 6.07) is 9.24. The molecule has 0 amide bonds. The highest BCUT2D eigenvalue weighted by atomic mass is 16.4. The van der Waals surface area contributed by atoms with Crippen LogP contribution in [0.25, 0.3) is 16.6 Å². The van der Waals surface area contributed by atoms with E-state index in [-0.39, 0.29) is 5.56 Å². The maximum absolute atomic E-state index is 12.2. The van der Waals surface area contributed by atoms with Crippen molar-refractivity contribution in [2.45, 2.75) is 13.5 Å². The highest BCUT2D eigenvalue weighted by molar-refractivity contribution is 5.93. The lowest BCUT2D eigenvalue weighted by molar-refractivity contribution is 0.0695. The average Bonchev–Trinajstić information content (AvgIpc) is 3.01. The Morgan fingerprint density at radius 1 is 1.24 bits per heavy atom. The second-order valence-electron chi connectivity index (χ2n) is 4.75. The van der Waals surface area contributed by atoms with Crippen LogP contribution in [-0.4, -0.2) is 20.2 Å². The van der Waals surface area contributed by atoms with Crippen molar-refractivity contribution in [2.75, 3.05) is 0 Å². The van der Waals surface area contributed by atoms with Crippen molar-refractivity contribution in [3.63, 3.8) is 0 Å². The number of aryl methyl sites for hydroxylation is 1. The van der Waals surface area contributed by atoms with Gasteiger partial charge in [0.2, 0.25) is 5.43 Å². The first-order valence-corrected chi connectivity index (χ1v) is 6.65. The number of carboxylic acid groups (broad SMARTS) is 1. The van der Waals surface area contributed by atoms with Gasteiger partial charge in [0.1, 0.15) is 5.56 Å². The number of carbonyl (C=O) groups is 1. The predicted octanol–water partition coefficient (Wildman–Crippen LogP) is 2.51. The number of pyridine rings is 1. The molecule has 0 unspecified atom stereocenters. The topological polar surface area (TPSA) is 64.2 Å². The van der Waals surface area contributed by atoms with Crippen LogP contribution in [0.4, 0.5) is 0 Å². The number of rotatable bonds is 3. The Kier molecular flexibility index (Phi) is 3.10. The van der Waals surface area contributed by atoms with Crippen molar-refractivity contribution in [1.82, 2.24) is 9.13 Å². The van der Waals surface area contributed by atoms with Gasteiger partial charge in [-0.1, -0.05) is 0 Å². The fourth-order valence-corrected chi connectivity index (χ4v) is 2.46. The summed E-state index contributed by atoms with van der Waals surface area (Å²) >= 11 is 0. The third kappa shape index (κ3) is 2.12. The SMILES string of the molecule is CCn1cc(C(=O)O)c(=O)c2ccc(-n3cccc3)cc21. The van der Waals surface area contributed by atoms with Gasteiger partial charge in [0.05, 0.1) is 5.52 Å². The second-order valence-corrected chi connectivity index (χ2v) is 4.75. The standard InChI is InChI=1S/C16H14N2O3/c1-2-17-10-13(16(20)21)15(19)12-6-5-11(9-14(12)17)18-7-3-4-8-18/h3-10H,2H2,1H3,(H,20,21). The molecule has 3 rings (SSSR count). The van der Waals surface area contributed by atoms with Gasteiger partial charge in [-0.15, -0.1) is 0 Å². The van der Waals surface area contributed by atoms with Gasteiger partial charge >= 0.3 is 5.97 Å². The van der Waals surface area contributed by atoms with Gasteiger partial charge in [-0.25, -0.2) is 4.79 Å². The maximum atomic E-state index is 12.2. The van der Waals surface area contributed by atoms with Crippen LogP contribution in [0.1, 0.15) is 17.3 Å². The van der Waals surface area contributed by atoms with Gasteiger partial charge in [-0.3, -0.25) is 4.79 Å². The van der Waals surface area contributed by atoms with E-state index >= 15 is 0 Å². The molecule has 0 fully saturated rings. The Morgan fingerprint density at radius 2 is 1.95 bits per heavy atom. The normalized spacial score (nSPS) is 10.9. The molecule has 5 heteroatoms. The monoisotopic (exact) mass is 282 g/mol. The highest BCUT2D eigenvalue weighted by Gasteiger charge is 2.14. The van der Waals surface area contributed by atoms with Crippen LogP contribution in [0.2, 0.25) is 0 Å². The summed E-state index contributed by atoms with van der Waals surface area (Å²) in [5.74, 6) is -1.20. The summed E-state index contributed by atoms with van der Waals surface area (Å²) in [5, 5.41) is 9.56. The molecule has 0 spiro atoms. The summed E-state index contributed by atoms with van der Waals surface area (Å²) < 4.78 is 3.72. The lowest BCUT2D eigenvalue weighted by Crippen LogP contribution is -2.18. The van der Waals surface area contributed by atoms with Crippen molar-refractivity contribution in [2.24, 2.45) is 0 Å². The summed E-state index contributed by atoms with van der Waals surface area (Å²) in [4.78, 5) is 23.4. The van der Waals surface area contributed by atoms with E-state index in [0.717, 1.165) is 11.2 Å². The van der Waals surface area contributed by atoms with Crippen LogP contribution in [0.15, 0.2) is 53.7 Å². The van der Waals surface area contributed by atoms with Gasteiger partial charge in [-0.05, 0) is 37.3 Å². The third-order valence-electron chi connectivity index (χ3n) is 3.54. The minimum Gasteiger partial charge on any atom is -0.477 e. The van der Waals surface area contributed by atoms with Crippen LogP contribution in [0.3, 0.4) is 0 Å². The number of hydrogen-bond donors (Lipinski definition) is 1. The molecule has 0 aliphatic heterocycles. The number of aromatic carboxylic acids is 1. The number of nitrogens with zero attached hydrogens (tertiary/aromatic N) is 2. The molecule has 2 aromatic heterocycles. The second kappa shape index (κ2) is 4.94. The van der Waals surface area contributed by atoms with E-state index in [1.165, 1.54) is 6.20 Å². The van der Waals surface area contributed by atoms with Crippen LogP contribution in [0, 0.1) is 0 Å². The smallest absolute Gasteiger partial charge is 0.341 e. The lowest BCUT2D eigenvalue weighted by atomic mass is 10.1. The van der Waals surface area contributed by atoms with Gasteiger partial charge < -0.3 is 14.2 Å². The van der Waals surface area contributed by atoms with Crippen molar-refractivity contribution in [1.29, 1.82) is 0 Å². The minimum atomic E-state index is -1.20. The largest absolute Gasteiger partial charge is 0.477 e. The van der Waals surface area contributed by atoms with E-state index in [1.807, 2.05) is 48.1 Å². The maximum Gasteiger partial charge on any atom is 0.341 e. The zero-order chi connectivity index (χ0) is 15.0. The fraction of sp³-hybridized carbons (Fsp3) is 0.125. The Labute approximate surface area is 120 Å². The van der Waals surface area contributed by atoms with E-state index in [2.05, 4.69) is 0 Å². The zero-order valence-electron chi connectivity index (χ0n) is 11.5. The highest BCUT2D eigenvalue weighted by Crippen LogP contribution is 2.17. The van der Waals surface area contributed by atoms with Gasteiger partial charge in [-0.2, -0.15) is 0 Å². The van der Waals surface area contributed by atoms with Gasteiger partial charge in [0.15, 0.2) is 0 Å². The van der Waals surface area contributed by atoms with Crippen LogP contribution < -0.4 is 5.43 Å². The van der Waals surface area contributed by atoms with Crippen molar-refractivity contribution in [3.8, 4) is 5.69 Å².